The van der Waals surface area contributed by atoms with Crippen LogP contribution in [-0.2, 0) is 14.3 Å². The first kappa shape index (κ1) is 14.9. The summed E-state index contributed by atoms with van der Waals surface area (Å²) in [6, 6.07) is 0. The lowest BCUT2D eigenvalue weighted by molar-refractivity contribution is -0.150. The molecule has 4 unspecified atom stereocenters. The Hall–Kier alpha value is -1.10. The van der Waals surface area contributed by atoms with Gasteiger partial charge in [0.1, 0.15) is 0 Å². The lowest BCUT2D eigenvalue weighted by Gasteiger charge is -2.24. The molecule has 4 atom stereocenters. The molecule has 0 bridgehead atoms. The number of methoxy groups -OCH3 is 1. The van der Waals surface area contributed by atoms with Crippen molar-refractivity contribution >= 4 is 11.9 Å². The van der Waals surface area contributed by atoms with Gasteiger partial charge in [-0.2, -0.15) is 0 Å². The fourth-order valence-electron chi connectivity index (χ4n) is 1.62. The minimum absolute atomic E-state index is 0.264. The Kier molecular flexibility index (Phi) is 6.03. The Bertz CT molecular complexity index is 251. The molecule has 0 fully saturated rings. The Morgan fingerprint density at radius 2 is 1.75 bits per heavy atom. The maximum Gasteiger partial charge on any atom is 0.311 e. The van der Waals surface area contributed by atoms with Crippen LogP contribution in [0.4, 0.5) is 0 Å². The number of hydrogen-bond donors (Lipinski definition) is 2. The summed E-state index contributed by atoms with van der Waals surface area (Å²) >= 11 is 0. The molecule has 2 N–H and O–H groups in total. The minimum atomic E-state index is -0.898. The minimum Gasteiger partial charge on any atom is -0.481 e. The second-order valence-corrected chi connectivity index (χ2v) is 4.25. The van der Waals surface area contributed by atoms with E-state index in [9.17, 15) is 14.7 Å². The van der Waals surface area contributed by atoms with Crippen molar-refractivity contribution in [2.24, 2.45) is 17.8 Å². The number of carboxylic acids is 1. The molecule has 0 aromatic heterocycles. The van der Waals surface area contributed by atoms with Crippen molar-refractivity contribution < 1.29 is 24.5 Å². The number of rotatable bonds is 6. The van der Waals surface area contributed by atoms with Gasteiger partial charge in [0.25, 0.3) is 0 Å². The fraction of sp³-hybridized carbons (Fsp3) is 0.818. The van der Waals surface area contributed by atoms with Crippen molar-refractivity contribution in [2.45, 2.75) is 33.3 Å². The summed E-state index contributed by atoms with van der Waals surface area (Å²) in [5, 5.41) is 18.6. The molecular formula is C11H20O5. The molecular weight excluding hydrogens is 212 g/mol. The predicted octanol–water partition coefficient (Wildman–Crippen LogP) is 0.903. The van der Waals surface area contributed by atoms with Gasteiger partial charge in [-0.05, 0) is 19.3 Å². The third-order valence-corrected chi connectivity index (χ3v) is 2.82. The van der Waals surface area contributed by atoms with Crippen LogP contribution in [0.5, 0.6) is 0 Å². The lowest BCUT2D eigenvalue weighted by Crippen LogP contribution is -2.33. The van der Waals surface area contributed by atoms with Gasteiger partial charge in [0.2, 0.25) is 0 Å². The van der Waals surface area contributed by atoms with E-state index in [1.807, 2.05) is 0 Å². The van der Waals surface area contributed by atoms with Gasteiger partial charge in [-0.15, -0.1) is 0 Å². The Morgan fingerprint density at radius 1 is 1.25 bits per heavy atom. The molecule has 0 aliphatic heterocycles. The van der Waals surface area contributed by atoms with Gasteiger partial charge in [0, 0.05) is 0 Å². The highest BCUT2D eigenvalue weighted by atomic mass is 16.5. The van der Waals surface area contributed by atoms with Gasteiger partial charge in [-0.25, -0.2) is 0 Å². The van der Waals surface area contributed by atoms with E-state index in [0.717, 1.165) is 0 Å². The first-order valence-corrected chi connectivity index (χ1v) is 5.29. The molecule has 0 aromatic rings. The van der Waals surface area contributed by atoms with Crippen LogP contribution in [0.25, 0.3) is 0 Å². The van der Waals surface area contributed by atoms with Crippen LogP contribution in [0.3, 0.4) is 0 Å². The number of carboxylic acid groups (broad SMARTS) is 1. The number of ether oxygens (including phenoxy) is 1. The van der Waals surface area contributed by atoms with E-state index in [-0.39, 0.29) is 5.92 Å². The number of aliphatic carboxylic acids is 1. The molecule has 5 heteroatoms. The van der Waals surface area contributed by atoms with Crippen molar-refractivity contribution in [3.05, 3.63) is 0 Å². The highest BCUT2D eigenvalue weighted by molar-refractivity contribution is 5.72. The molecule has 0 aliphatic rings. The number of carbonyl (C=O) groups excluding carboxylic acids is 1. The third-order valence-electron chi connectivity index (χ3n) is 2.82. The summed E-state index contributed by atoms with van der Waals surface area (Å²) in [5.41, 5.74) is 0. The highest BCUT2D eigenvalue weighted by Gasteiger charge is 2.29. The maximum absolute atomic E-state index is 11.2. The molecule has 0 spiro atoms. The van der Waals surface area contributed by atoms with E-state index in [1.54, 1.807) is 20.8 Å². The van der Waals surface area contributed by atoms with E-state index < -0.39 is 29.9 Å². The Labute approximate surface area is 95.4 Å². The maximum atomic E-state index is 11.2. The van der Waals surface area contributed by atoms with Crippen LogP contribution < -0.4 is 0 Å². The van der Waals surface area contributed by atoms with Gasteiger partial charge in [0.15, 0.2) is 0 Å². The topological polar surface area (TPSA) is 83.8 Å². The van der Waals surface area contributed by atoms with Crippen LogP contribution >= 0.6 is 0 Å². The number of carbonyl (C=O) groups is 2. The second-order valence-electron chi connectivity index (χ2n) is 4.25. The summed E-state index contributed by atoms with van der Waals surface area (Å²) in [7, 11) is 1.26. The smallest absolute Gasteiger partial charge is 0.311 e. The van der Waals surface area contributed by atoms with Crippen LogP contribution in [0.15, 0.2) is 0 Å². The average Bonchev–Trinajstić information content (AvgIpc) is 2.25. The van der Waals surface area contributed by atoms with E-state index >= 15 is 0 Å². The summed E-state index contributed by atoms with van der Waals surface area (Å²) < 4.78 is 4.52. The van der Waals surface area contributed by atoms with E-state index in [0.29, 0.717) is 6.42 Å². The second kappa shape index (κ2) is 6.48. The number of aliphatic hydroxyl groups excluding tert-OH is 1. The quantitative estimate of drug-likeness (QED) is 0.665. The van der Waals surface area contributed by atoms with Crippen LogP contribution in [-0.4, -0.2) is 35.4 Å². The first-order valence-electron chi connectivity index (χ1n) is 5.29. The van der Waals surface area contributed by atoms with Crippen molar-refractivity contribution in [3.8, 4) is 0 Å². The van der Waals surface area contributed by atoms with E-state index in [2.05, 4.69) is 4.74 Å². The van der Waals surface area contributed by atoms with Gasteiger partial charge >= 0.3 is 11.9 Å². The van der Waals surface area contributed by atoms with Crippen LogP contribution in [0.1, 0.15) is 27.2 Å². The number of esters is 1. The zero-order valence-corrected chi connectivity index (χ0v) is 10.1. The molecule has 0 saturated heterocycles. The molecule has 0 saturated carbocycles. The molecule has 0 aliphatic carbocycles. The van der Waals surface area contributed by atoms with Crippen molar-refractivity contribution in [1.29, 1.82) is 0 Å². The normalized spacial score (nSPS) is 18.3. The largest absolute Gasteiger partial charge is 0.481 e. The molecule has 0 aromatic carbocycles. The average molecular weight is 232 g/mol. The third kappa shape index (κ3) is 4.18. The summed E-state index contributed by atoms with van der Waals surface area (Å²) in [6.07, 6.45) is -0.549. The zero-order valence-electron chi connectivity index (χ0n) is 10.1. The predicted molar refractivity (Wildman–Crippen MR) is 57.8 cm³/mol. The van der Waals surface area contributed by atoms with E-state index in [1.165, 1.54) is 7.11 Å². The van der Waals surface area contributed by atoms with Gasteiger partial charge in [0.05, 0.1) is 25.0 Å². The van der Waals surface area contributed by atoms with E-state index in [4.69, 9.17) is 5.11 Å². The SMILES string of the molecule is COC(=O)C(C)C(O)C(C)CC(C)C(=O)O. The molecule has 16 heavy (non-hydrogen) atoms. The standard InChI is InChI=1S/C11H20O5/c1-6(5-7(2)10(13)14)9(12)8(3)11(15)16-4/h6-9,12H,5H2,1-4H3,(H,13,14). The van der Waals surface area contributed by atoms with Crippen molar-refractivity contribution in [3.63, 3.8) is 0 Å². The van der Waals surface area contributed by atoms with Crippen LogP contribution in [0, 0.1) is 17.8 Å². The molecule has 0 amide bonds. The van der Waals surface area contributed by atoms with Crippen molar-refractivity contribution in [1.82, 2.24) is 0 Å². The molecule has 0 radical (unpaired) electrons. The lowest BCUT2D eigenvalue weighted by atomic mass is 9.87. The Morgan fingerprint density at radius 3 is 2.12 bits per heavy atom. The van der Waals surface area contributed by atoms with Crippen LogP contribution in [0.2, 0.25) is 0 Å². The number of aliphatic hydroxyl groups is 1. The summed E-state index contributed by atoms with van der Waals surface area (Å²) in [6.45, 7) is 4.87. The molecule has 0 heterocycles. The van der Waals surface area contributed by atoms with Gasteiger partial charge in [-0.1, -0.05) is 13.8 Å². The van der Waals surface area contributed by atoms with Crippen molar-refractivity contribution in [2.75, 3.05) is 7.11 Å². The summed E-state index contributed by atoms with van der Waals surface area (Å²) in [4.78, 5) is 21.8. The van der Waals surface area contributed by atoms with Gasteiger partial charge < -0.3 is 14.9 Å². The first-order chi connectivity index (χ1) is 7.31. The molecule has 94 valence electrons. The molecule has 5 nitrogen and oxygen atoms in total. The number of hydrogen-bond acceptors (Lipinski definition) is 4. The monoisotopic (exact) mass is 232 g/mol. The Balaban J connectivity index is 4.32. The molecule has 0 rings (SSSR count). The highest BCUT2D eigenvalue weighted by Crippen LogP contribution is 2.21. The fourth-order valence-corrected chi connectivity index (χ4v) is 1.62. The zero-order chi connectivity index (χ0) is 12.9. The summed E-state index contributed by atoms with van der Waals surface area (Å²) in [5.74, 6) is -2.82. The van der Waals surface area contributed by atoms with Gasteiger partial charge in [-0.3, -0.25) is 9.59 Å².